The van der Waals surface area contributed by atoms with Gasteiger partial charge in [-0.25, -0.2) is 9.98 Å². The molecule has 14 heteroatoms. The predicted octanol–water partition coefficient (Wildman–Crippen LogP) is -2.53. The normalized spacial score (nSPS) is 31.3. The molecule has 1 aromatic rings. The quantitative estimate of drug-likeness (QED) is 0.250. The molecule has 0 aromatic heterocycles. The lowest BCUT2D eigenvalue weighted by Crippen LogP contribution is -2.78. The highest BCUT2D eigenvalue weighted by molar-refractivity contribution is 5.96. The molecule has 1 aromatic carbocycles. The Morgan fingerprint density at radius 2 is 1.97 bits per heavy atom. The van der Waals surface area contributed by atoms with Crippen molar-refractivity contribution in [3.63, 3.8) is 0 Å². The van der Waals surface area contributed by atoms with E-state index in [1.165, 1.54) is 11.0 Å². The van der Waals surface area contributed by atoms with E-state index < -0.39 is 59.4 Å². The summed E-state index contributed by atoms with van der Waals surface area (Å²) in [7, 11) is 0. The molecule has 3 heterocycles. The van der Waals surface area contributed by atoms with E-state index in [9.17, 15) is 33.3 Å². The van der Waals surface area contributed by atoms with E-state index in [2.05, 4.69) is 20.6 Å². The molecule has 1 fully saturated rings. The summed E-state index contributed by atoms with van der Waals surface area (Å²) in [6.45, 7) is -0.863. The molecule has 11 nitrogen and oxygen atoms in total. The molecule has 0 saturated carbocycles. The molecule has 4 rings (SSSR count). The van der Waals surface area contributed by atoms with Crippen molar-refractivity contribution in [2.45, 2.75) is 35.8 Å². The van der Waals surface area contributed by atoms with Gasteiger partial charge in [-0.1, -0.05) is 12.1 Å². The van der Waals surface area contributed by atoms with Crippen LogP contribution in [0.25, 0.3) is 0 Å². The van der Waals surface area contributed by atoms with Gasteiger partial charge in [0.25, 0.3) is 5.91 Å². The Hall–Kier alpha value is -3.10. The molecule has 9 N–H and O–H groups in total. The molecule has 4 atom stereocenters. The Morgan fingerprint density at radius 3 is 2.61 bits per heavy atom. The van der Waals surface area contributed by atoms with E-state index >= 15 is 0 Å². The fourth-order valence-corrected chi connectivity index (χ4v) is 4.40. The average molecular weight is 443 g/mol. The van der Waals surface area contributed by atoms with Gasteiger partial charge in [-0.2, -0.15) is 13.2 Å². The van der Waals surface area contributed by atoms with Gasteiger partial charge in [0.15, 0.2) is 17.6 Å². The van der Waals surface area contributed by atoms with Crippen molar-refractivity contribution in [3.8, 4) is 0 Å². The van der Waals surface area contributed by atoms with Crippen LogP contribution >= 0.6 is 0 Å². The molecule has 1 saturated heterocycles. The predicted molar refractivity (Wildman–Crippen MR) is 100 cm³/mol. The molecule has 3 aliphatic heterocycles. The smallest absolute Gasteiger partial charge is 0.394 e. The lowest BCUT2D eigenvalue weighted by Gasteiger charge is -2.48. The van der Waals surface area contributed by atoms with Crippen molar-refractivity contribution in [1.82, 2.24) is 15.5 Å². The zero-order valence-electron chi connectivity index (χ0n) is 15.8. The summed E-state index contributed by atoms with van der Waals surface area (Å²) in [6.07, 6.45) is -4.79. The van der Waals surface area contributed by atoms with Crippen molar-refractivity contribution in [1.29, 1.82) is 0 Å². The molecule has 0 aliphatic carbocycles. The summed E-state index contributed by atoms with van der Waals surface area (Å²) in [5, 5.41) is 36.7. The van der Waals surface area contributed by atoms with Gasteiger partial charge in [0.05, 0.1) is 17.7 Å². The highest BCUT2D eigenvalue weighted by atomic mass is 19.4. The highest BCUT2D eigenvalue weighted by Gasteiger charge is 2.73. The van der Waals surface area contributed by atoms with Gasteiger partial charge in [0.1, 0.15) is 18.1 Å². The van der Waals surface area contributed by atoms with Gasteiger partial charge in [-0.15, -0.1) is 0 Å². The maximum Gasteiger partial charge on any atom is 0.417 e. The summed E-state index contributed by atoms with van der Waals surface area (Å²) in [4.78, 5) is 22.1. The summed E-state index contributed by atoms with van der Waals surface area (Å²) in [5.41, 5.74) is 7.93. The number of hydrogen-bond donors (Lipinski definition) is 7. The Morgan fingerprint density at radius 1 is 1.29 bits per heavy atom. The maximum absolute atomic E-state index is 13.3. The Kier molecular flexibility index (Phi) is 4.57. The van der Waals surface area contributed by atoms with Crippen LogP contribution < -0.4 is 22.1 Å². The zero-order chi connectivity index (χ0) is 22.8. The number of nitrogens with two attached hydrogens (primary N) is 2. The van der Waals surface area contributed by atoms with E-state index in [0.29, 0.717) is 0 Å². The number of amides is 1. The zero-order valence-corrected chi connectivity index (χ0v) is 15.8. The number of guanidine groups is 2. The van der Waals surface area contributed by atoms with Crippen LogP contribution in [0.2, 0.25) is 0 Å². The molecule has 31 heavy (non-hydrogen) atoms. The second-order valence-electron chi connectivity index (χ2n) is 7.49. The number of benzene rings is 1. The van der Waals surface area contributed by atoms with E-state index in [-0.39, 0.29) is 18.5 Å². The molecule has 168 valence electrons. The summed E-state index contributed by atoms with van der Waals surface area (Å²) >= 11 is 0. The van der Waals surface area contributed by atoms with Gasteiger partial charge in [0.2, 0.25) is 5.79 Å². The third-order valence-electron chi connectivity index (χ3n) is 5.77. The van der Waals surface area contributed by atoms with Crippen molar-refractivity contribution >= 4 is 17.8 Å². The van der Waals surface area contributed by atoms with Crippen LogP contribution in [0.3, 0.4) is 0 Å². The van der Waals surface area contributed by atoms with Crippen molar-refractivity contribution in [3.05, 3.63) is 35.4 Å². The van der Waals surface area contributed by atoms with Crippen molar-refractivity contribution in [2.24, 2.45) is 21.5 Å². The first-order valence-corrected chi connectivity index (χ1v) is 9.18. The lowest BCUT2D eigenvalue weighted by molar-refractivity contribution is -0.231. The number of nitrogens with zero attached hydrogens (tertiary/aromatic N) is 3. The number of aliphatic hydroxyl groups is 3. The molecule has 0 unspecified atom stereocenters. The number of halogens is 3. The van der Waals surface area contributed by atoms with Gasteiger partial charge in [-0.3, -0.25) is 4.79 Å². The molecule has 1 amide bonds. The van der Waals surface area contributed by atoms with Crippen molar-refractivity contribution in [2.75, 3.05) is 13.2 Å². The highest BCUT2D eigenvalue weighted by Crippen LogP contribution is 2.44. The second-order valence-corrected chi connectivity index (χ2v) is 7.49. The molecule has 3 aliphatic rings. The van der Waals surface area contributed by atoms with Crippen LogP contribution in [0.5, 0.6) is 0 Å². The third kappa shape index (κ3) is 2.90. The van der Waals surface area contributed by atoms with Gasteiger partial charge < -0.3 is 42.3 Å². The van der Waals surface area contributed by atoms with Crippen LogP contribution in [0.15, 0.2) is 34.3 Å². The van der Waals surface area contributed by atoms with Crippen LogP contribution in [0.1, 0.15) is 15.9 Å². The minimum Gasteiger partial charge on any atom is -0.394 e. The number of aliphatic imine (C=N–C) groups is 2. The first-order valence-electron chi connectivity index (χ1n) is 9.18. The monoisotopic (exact) mass is 443 g/mol. The van der Waals surface area contributed by atoms with Crippen LogP contribution in [0.4, 0.5) is 13.2 Å². The minimum atomic E-state index is -4.79. The molecular formula is C17H20F3N7O4. The summed E-state index contributed by atoms with van der Waals surface area (Å²) < 4.78 is 39.9. The number of rotatable bonds is 3. The van der Waals surface area contributed by atoms with E-state index in [1.54, 1.807) is 0 Å². The Labute approximate surface area is 173 Å². The number of carbonyl (C=O) groups is 1. The van der Waals surface area contributed by atoms with Crippen LogP contribution in [-0.2, 0) is 6.18 Å². The van der Waals surface area contributed by atoms with E-state index in [4.69, 9.17) is 11.5 Å². The molecule has 0 bridgehead atoms. The lowest BCUT2D eigenvalue weighted by atomic mass is 9.85. The van der Waals surface area contributed by atoms with Crippen LogP contribution in [-0.4, -0.2) is 80.8 Å². The fourth-order valence-electron chi connectivity index (χ4n) is 4.40. The largest absolute Gasteiger partial charge is 0.417 e. The van der Waals surface area contributed by atoms with Gasteiger partial charge in [-0.05, 0) is 12.1 Å². The number of alkyl halides is 3. The number of aliphatic hydroxyl groups excluding tert-OH is 1. The standard InChI is InChI=1S/C17H20F3N7O4/c18-17(19,20)8-4-2-1-3-7(8)12(29)24-10-5-27-14(22)23-9(6-28)11-15(27,16(10,30)31)26-13(21)25-11/h1-4,9-11,28,30-31H,5-6H2,(H2,22,23)(H,24,29)(H3,21,25,26)/t9-,10-,11-,15-/m0/s1. The molecule has 1 spiro atoms. The van der Waals surface area contributed by atoms with E-state index in [0.717, 1.165) is 18.2 Å². The average Bonchev–Trinajstić information content (AvgIpc) is 3.16. The third-order valence-corrected chi connectivity index (χ3v) is 5.77. The molecule has 0 radical (unpaired) electrons. The van der Waals surface area contributed by atoms with Gasteiger partial charge >= 0.3 is 6.18 Å². The van der Waals surface area contributed by atoms with Crippen LogP contribution in [0, 0.1) is 0 Å². The first kappa shape index (κ1) is 21.1. The SMILES string of the molecule is NC1=N[C@H]2[C@H](CO)N=C(N)N3C[C@H](NC(=O)c4ccccc4C(F)(F)F)C(O)(O)[C@]23N1. The maximum atomic E-state index is 13.3. The summed E-state index contributed by atoms with van der Waals surface area (Å²) in [6, 6.07) is 0.541. The number of carbonyl (C=O) groups excluding carboxylic acids is 1. The van der Waals surface area contributed by atoms with E-state index in [1.807, 2.05) is 0 Å². The van der Waals surface area contributed by atoms with Gasteiger partial charge in [0, 0.05) is 6.54 Å². The molecular weight excluding hydrogens is 423 g/mol. The Bertz CT molecular complexity index is 983. The minimum absolute atomic E-state index is 0.180. The topological polar surface area (TPSA) is 182 Å². The summed E-state index contributed by atoms with van der Waals surface area (Å²) in [5.74, 6) is -4.34. The number of hydrogen-bond acceptors (Lipinski definition) is 10. The first-order chi connectivity index (χ1) is 14.4. The second kappa shape index (κ2) is 6.70. The number of nitrogens with one attached hydrogen (secondary N) is 2. The Balaban J connectivity index is 1.69. The van der Waals surface area contributed by atoms with Crippen molar-refractivity contribution < 1.29 is 33.3 Å². The fraction of sp³-hybridized carbons (Fsp3) is 0.471.